The number of carbonyl (C=O) groups excluding carboxylic acids is 1. The molecule has 1 aliphatic rings. The Morgan fingerprint density at radius 2 is 2.11 bits per heavy atom. The topological polar surface area (TPSA) is 32.3 Å². The smallest absolute Gasteiger partial charge is 0.219 e. The summed E-state index contributed by atoms with van der Waals surface area (Å²) in [6.07, 6.45) is 4.31. The molecule has 0 bridgehead atoms. The first kappa shape index (κ1) is 14.1. The minimum atomic E-state index is 0.158. The lowest BCUT2D eigenvalue weighted by Crippen LogP contribution is -2.46. The van der Waals surface area contributed by atoms with E-state index in [4.69, 9.17) is 0 Å². The third-order valence-corrected chi connectivity index (χ3v) is 3.83. The predicted molar refractivity (Wildman–Crippen MR) is 77.8 cm³/mol. The lowest BCUT2D eigenvalue weighted by atomic mass is 10.0. The summed E-state index contributed by atoms with van der Waals surface area (Å²) in [4.78, 5) is 13.9. The van der Waals surface area contributed by atoms with Gasteiger partial charge in [-0.15, -0.1) is 0 Å². The van der Waals surface area contributed by atoms with E-state index in [1.807, 2.05) is 6.92 Å². The molecule has 1 aromatic carbocycles. The standard InChI is InChI=1S/C16H24N2O/c1-2-16(19)17-12-15-10-6-7-11-18(15)13-14-8-4-3-5-9-14/h3-5,8-9,15H,2,6-7,10-13H2,1H3,(H,17,19)/t15-/m1/s1. The Balaban J connectivity index is 1.90. The van der Waals surface area contributed by atoms with E-state index in [1.165, 1.54) is 24.8 Å². The number of hydrogen-bond donors (Lipinski definition) is 1. The van der Waals surface area contributed by atoms with Gasteiger partial charge < -0.3 is 5.32 Å². The lowest BCUT2D eigenvalue weighted by Gasteiger charge is -2.35. The highest BCUT2D eigenvalue weighted by Gasteiger charge is 2.22. The molecule has 3 heteroatoms. The molecule has 1 atom stereocenters. The van der Waals surface area contributed by atoms with Crippen molar-refractivity contribution in [3.63, 3.8) is 0 Å². The SMILES string of the molecule is CCC(=O)NC[C@H]1CCCCN1Cc1ccccc1. The van der Waals surface area contributed by atoms with Crippen LogP contribution in [0.25, 0.3) is 0 Å². The number of nitrogens with one attached hydrogen (secondary N) is 1. The van der Waals surface area contributed by atoms with E-state index in [2.05, 4.69) is 40.5 Å². The van der Waals surface area contributed by atoms with E-state index in [0.717, 1.165) is 19.6 Å². The summed E-state index contributed by atoms with van der Waals surface area (Å²) in [6, 6.07) is 11.1. The number of likely N-dealkylation sites (tertiary alicyclic amines) is 1. The van der Waals surface area contributed by atoms with Crippen molar-refractivity contribution < 1.29 is 4.79 Å². The number of nitrogens with zero attached hydrogens (tertiary/aromatic N) is 1. The van der Waals surface area contributed by atoms with Crippen molar-refractivity contribution in [3.8, 4) is 0 Å². The summed E-state index contributed by atoms with van der Waals surface area (Å²) >= 11 is 0. The van der Waals surface area contributed by atoms with Gasteiger partial charge in [0.1, 0.15) is 0 Å². The molecule has 1 N–H and O–H groups in total. The van der Waals surface area contributed by atoms with Crippen LogP contribution in [0.15, 0.2) is 30.3 Å². The van der Waals surface area contributed by atoms with Crippen LogP contribution in [0.4, 0.5) is 0 Å². The highest BCUT2D eigenvalue weighted by Crippen LogP contribution is 2.19. The van der Waals surface area contributed by atoms with Crippen LogP contribution < -0.4 is 5.32 Å². The van der Waals surface area contributed by atoms with Crippen LogP contribution in [0.3, 0.4) is 0 Å². The summed E-state index contributed by atoms with van der Waals surface area (Å²) in [5.74, 6) is 0.158. The molecule has 19 heavy (non-hydrogen) atoms. The second-order valence-electron chi connectivity index (χ2n) is 5.26. The van der Waals surface area contributed by atoms with Gasteiger partial charge in [0.15, 0.2) is 0 Å². The zero-order chi connectivity index (χ0) is 13.5. The maximum atomic E-state index is 11.4. The number of rotatable bonds is 5. The van der Waals surface area contributed by atoms with Crippen LogP contribution in [0.1, 0.15) is 38.2 Å². The fourth-order valence-electron chi connectivity index (χ4n) is 2.67. The van der Waals surface area contributed by atoms with Crippen LogP contribution >= 0.6 is 0 Å². The van der Waals surface area contributed by atoms with Crippen molar-refractivity contribution in [2.24, 2.45) is 0 Å². The van der Waals surface area contributed by atoms with Crippen LogP contribution in [0.2, 0.25) is 0 Å². The number of hydrogen-bond acceptors (Lipinski definition) is 2. The van der Waals surface area contributed by atoms with Crippen LogP contribution in [0, 0.1) is 0 Å². The minimum absolute atomic E-state index is 0.158. The second kappa shape index (κ2) is 7.29. The number of carbonyl (C=O) groups is 1. The summed E-state index contributed by atoms with van der Waals surface area (Å²) in [7, 11) is 0. The van der Waals surface area contributed by atoms with Crippen molar-refractivity contribution in [2.75, 3.05) is 13.1 Å². The van der Waals surface area contributed by atoms with Crippen molar-refractivity contribution in [1.82, 2.24) is 10.2 Å². The molecule has 3 nitrogen and oxygen atoms in total. The molecule has 0 spiro atoms. The predicted octanol–water partition coefficient (Wildman–Crippen LogP) is 2.57. The normalized spacial score (nSPS) is 20.2. The van der Waals surface area contributed by atoms with Crippen LogP contribution in [-0.2, 0) is 11.3 Å². The van der Waals surface area contributed by atoms with Gasteiger partial charge in [-0.25, -0.2) is 0 Å². The Kier molecular flexibility index (Phi) is 5.40. The summed E-state index contributed by atoms with van der Waals surface area (Å²) in [6.45, 7) is 4.83. The molecular formula is C16H24N2O. The molecule has 0 aliphatic carbocycles. The van der Waals surface area contributed by atoms with E-state index in [1.54, 1.807) is 0 Å². The van der Waals surface area contributed by atoms with Gasteiger partial charge in [-0.3, -0.25) is 9.69 Å². The van der Waals surface area contributed by atoms with Crippen molar-refractivity contribution in [1.29, 1.82) is 0 Å². The molecule has 1 fully saturated rings. The van der Waals surface area contributed by atoms with Gasteiger partial charge in [0, 0.05) is 25.6 Å². The van der Waals surface area contributed by atoms with Crippen molar-refractivity contribution in [3.05, 3.63) is 35.9 Å². The zero-order valence-electron chi connectivity index (χ0n) is 11.8. The molecule has 1 aromatic rings. The summed E-state index contributed by atoms with van der Waals surface area (Å²) in [5, 5.41) is 3.04. The number of benzene rings is 1. The van der Waals surface area contributed by atoms with E-state index in [0.29, 0.717) is 12.5 Å². The third kappa shape index (κ3) is 4.35. The first-order valence-electron chi connectivity index (χ1n) is 7.34. The average molecular weight is 260 g/mol. The van der Waals surface area contributed by atoms with Crippen LogP contribution in [0.5, 0.6) is 0 Å². The molecule has 1 amide bonds. The van der Waals surface area contributed by atoms with E-state index < -0.39 is 0 Å². The maximum Gasteiger partial charge on any atom is 0.219 e. The molecule has 0 saturated carbocycles. The average Bonchev–Trinajstić information content (AvgIpc) is 2.47. The Bertz CT molecular complexity index is 391. The third-order valence-electron chi connectivity index (χ3n) is 3.83. The molecule has 1 aliphatic heterocycles. The van der Waals surface area contributed by atoms with E-state index in [-0.39, 0.29) is 5.91 Å². The van der Waals surface area contributed by atoms with Gasteiger partial charge in [-0.05, 0) is 24.9 Å². The summed E-state index contributed by atoms with van der Waals surface area (Å²) in [5.41, 5.74) is 1.36. The quantitative estimate of drug-likeness (QED) is 0.882. The molecule has 1 saturated heterocycles. The molecule has 1 heterocycles. The van der Waals surface area contributed by atoms with Gasteiger partial charge in [0.2, 0.25) is 5.91 Å². The van der Waals surface area contributed by atoms with Gasteiger partial charge in [-0.1, -0.05) is 43.7 Å². The zero-order valence-corrected chi connectivity index (χ0v) is 11.8. The Morgan fingerprint density at radius 1 is 1.32 bits per heavy atom. The Morgan fingerprint density at radius 3 is 2.84 bits per heavy atom. The summed E-state index contributed by atoms with van der Waals surface area (Å²) < 4.78 is 0. The highest BCUT2D eigenvalue weighted by atomic mass is 16.1. The first-order chi connectivity index (χ1) is 9.29. The maximum absolute atomic E-state index is 11.4. The molecule has 0 unspecified atom stereocenters. The molecule has 0 radical (unpaired) electrons. The van der Waals surface area contributed by atoms with Crippen molar-refractivity contribution >= 4 is 5.91 Å². The number of amides is 1. The largest absolute Gasteiger partial charge is 0.355 e. The Labute approximate surface area is 116 Å². The number of piperidine rings is 1. The van der Waals surface area contributed by atoms with E-state index >= 15 is 0 Å². The monoisotopic (exact) mass is 260 g/mol. The Hall–Kier alpha value is -1.35. The molecule has 0 aromatic heterocycles. The molecule has 2 rings (SSSR count). The van der Waals surface area contributed by atoms with Crippen LogP contribution in [-0.4, -0.2) is 29.9 Å². The molecule has 104 valence electrons. The molecular weight excluding hydrogens is 236 g/mol. The van der Waals surface area contributed by atoms with Gasteiger partial charge in [0.05, 0.1) is 0 Å². The lowest BCUT2D eigenvalue weighted by molar-refractivity contribution is -0.121. The minimum Gasteiger partial charge on any atom is -0.355 e. The van der Waals surface area contributed by atoms with E-state index in [9.17, 15) is 4.79 Å². The fraction of sp³-hybridized carbons (Fsp3) is 0.562. The van der Waals surface area contributed by atoms with Gasteiger partial charge >= 0.3 is 0 Å². The van der Waals surface area contributed by atoms with Crippen molar-refractivity contribution in [2.45, 2.75) is 45.2 Å². The fourth-order valence-corrected chi connectivity index (χ4v) is 2.67. The second-order valence-corrected chi connectivity index (χ2v) is 5.26. The van der Waals surface area contributed by atoms with Gasteiger partial charge in [-0.2, -0.15) is 0 Å². The first-order valence-corrected chi connectivity index (χ1v) is 7.34. The highest BCUT2D eigenvalue weighted by molar-refractivity contribution is 5.75. The van der Waals surface area contributed by atoms with Gasteiger partial charge in [0.25, 0.3) is 0 Å².